The zero-order valence-electron chi connectivity index (χ0n) is 15.3. The minimum atomic E-state index is -3.87. The summed E-state index contributed by atoms with van der Waals surface area (Å²) in [7, 11) is -0.626. The Labute approximate surface area is 164 Å². The number of benzene rings is 2. The summed E-state index contributed by atoms with van der Waals surface area (Å²) in [6, 6.07) is 12.3. The van der Waals surface area contributed by atoms with Crippen LogP contribution in [0.2, 0.25) is 5.02 Å². The molecule has 0 N–H and O–H groups in total. The molecular weight excluding hydrogens is 386 g/mol. The van der Waals surface area contributed by atoms with Crippen molar-refractivity contribution in [3.05, 3.63) is 58.6 Å². The van der Waals surface area contributed by atoms with Crippen molar-refractivity contribution in [2.75, 3.05) is 14.1 Å². The van der Waals surface area contributed by atoms with Gasteiger partial charge in [0.05, 0.1) is 18.7 Å². The quantitative estimate of drug-likeness (QED) is 0.783. The van der Waals surface area contributed by atoms with Gasteiger partial charge in [-0.2, -0.15) is 0 Å². The van der Waals surface area contributed by atoms with Crippen LogP contribution in [0.1, 0.15) is 17.5 Å². The number of rotatable bonds is 4. The molecule has 1 amide bonds. The summed E-state index contributed by atoms with van der Waals surface area (Å²) in [5.74, 6) is -0.0476. The van der Waals surface area contributed by atoms with E-state index >= 15 is 0 Å². The molecule has 0 fully saturated rings. The number of aryl methyl sites for hydroxylation is 1. The van der Waals surface area contributed by atoms with Gasteiger partial charge >= 0.3 is 0 Å². The van der Waals surface area contributed by atoms with Gasteiger partial charge < -0.3 is 4.90 Å². The van der Waals surface area contributed by atoms with Gasteiger partial charge in [-0.1, -0.05) is 41.9 Å². The molecule has 0 saturated heterocycles. The number of fused-ring (bicyclic) bond motifs is 1. The Kier molecular flexibility index (Phi) is 5.26. The molecule has 0 aromatic heterocycles. The number of carbonyl (C=O) groups excluding carboxylic acids is 1. The van der Waals surface area contributed by atoms with Crippen molar-refractivity contribution in [1.29, 1.82) is 0 Å². The third-order valence-corrected chi connectivity index (χ3v) is 6.53. The van der Waals surface area contributed by atoms with E-state index in [1.54, 1.807) is 21.0 Å². The highest BCUT2D eigenvalue weighted by Crippen LogP contribution is 2.37. The second-order valence-corrected chi connectivity index (χ2v) is 8.80. The van der Waals surface area contributed by atoms with Crippen molar-refractivity contribution in [3.8, 4) is 0 Å². The van der Waals surface area contributed by atoms with Crippen molar-refractivity contribution in [1.82, 2.24) is 9.21 Å². The lowest BCUT2D eigenvalue weighted by Gasteiger charge is -2.30. The van der Waals surface area contributed by atoms with E-state index in [4.69, 9.17) is 11.6 Å². The maximum absolute atomic E-state index is 13.3. The summed E-state index contributed by atoms with van der Waals surface area (Å²) < 4.78 is 27.8. The van der Waals surface area contributed by atoms with Crippen LogP contribution in [0.25, 0.3) is 0 Å². The van der Waals surface area contributed by atoms with Crippen LogP contribution in [0.4, 0.5) is 5.69 Å². The zero-order valence-corrected chi connectivity index (χ0v) is 16.9. The fraction of sp³-hybridized carbons (Fsp3) is 0.263. The molecule has 0 aliphatic carbocycles. The second-order valence-electron chi connectivity index (χ2n) is 6.56. The van der Waals surface area contributed by atoms with Gasteiger partial charge in [-0.05, 0) is 30.2 Å². The van der Waals surface area contributed by atoms with Crippen LogP contribution in [-0.4, -0.2) is 43.5 Å². The lowest BCUT2D eigenvalue weighted by Crippen LogP contribution is -2.41. The van der Waals surface area contributed by atoms with Gasteiger partial charge in [0.15, 0.2) is 0 Å². The minimum absolute atomic E-state index is 0.0985. The molecule has 1 aliphatic rings. The zero-order chi connectivity index (χ0) is 19.8. The molecule has 8 heteroatoms. The Morgan fingerprint density at radius 2 is 1.85 bits per heavy atom. The van der Waals surface area contributed by atoms with Crippen molar-refractivity contribution in [2.24, 2.45) is 4.99 Å². The van der Waals surface area contributed by atoms with Gasteiger partial charge in [0, 0.05) is 19.1 Å². The van der Waals surface area contributed by atoms with E-state index in [-0.39, 0.29) is 35.3 Å². The predicted octanol–water partition coefficient (Wildman–Crippen LogP) is 3.36. The summed E-state index contributed by atoms with van der Waals surface area (Å²) in [4.78, 5) is 18.2. The Balaban J connectivity index is 2.13. The Bertz CT molecular complexity index is 1020. The fourth-order valence-electron chi connectivity index (χ4n) is 2.74. The Morgan fingerprint density at radius 1 is 1.19 bits per heavy atom. The number of amidine groups is 1. The lowest BCUT2D eigenvalue weighted by atomic mass is 10.2. The third-order valence-electron chi connectivity index (χ3n) is 4.32. The van der Waals surface area contributed by atoms with E-state index in [9.17, 15) is 13.2 Å². The van der Waals surface area contributed by atoms with E-state index in [0.717, 1.165) is 5.56 Å². The first-order valence-electron chi connectivity index (χ1n) is 8.34. The van der Waals surface area contributed by atoms with Gasteiger partial charge in [-0.15, -0.1) is 0 Å². The Morgan fingerprint density at radius 3 is 2.48 bits per heavy atom. The molecule has 1 aliphatic heterocycles. The lowest BCUT2D eigenvalue weighted by molar-refractivity contribution is -0.127. The fourth-order valence-corrected chi connectivity index (χ4v) is 4.53. The summed E-state index contributed by atoms with van der Waals surface area (Å²) in [5, 5.41) is 0.433. The summed E-state index contributed by atoms with van der Waals surface area (Å²) in [6.45, 7) is 1.85. The first-order chi connectivity index (χ1) is 12.7. The highest BCUT2D eigenvalue weighted by molar-refractivity contribution is 7.90. The van der Waals surface area contributed by atoms with E-state index in [2.05, 4.69) is 4.99 Å². The molecule has 0 unspecified atom stereocenters. The monoisotopic (exact) mass is 405 g/mol. The summed E-state index contributed by atoms with van der Waals surface area (Å²) >= 11 is 6.16. The van der Waals surface area contributed by atoms with Crippen molar-refractivity contribution in [3.63, 3.8) is 0 Å². The van der Waals surface area contributed by atoms with Crippen LogP contribution in [0.5, 0.6) is 0 Å². The van der Waals surface area contributed by atoms with Crippen LogP contribution in [0, 0.1) is 6.92 Å². The van der Waals surface area contributed by atoms with Crippen LogP contribution >= 0.6 is 11.6 Å². The van der Waals surface area contributed by atoms with Crippen molar-refractivity contribution < 1.29 is 13.2 Å². The number of aliphatic imine (C=N–C) groups is 1. The number of amides is 1. The van der Waals surface area contributed by atoms with E-state index in [1.165, 1.54) is 21.3 Å². The summed E-state index contributed by atoms with van der Waals surface area (Å²) in [5.41, 5.74) is 1.72. The second kappa shape index (κ2) is 7.32. The van der Waals surface area contributed by atoms with E-state index < -0.39 is 10.0 Å². The molecule has 142 valence electrons. The van der Waals surface area contributed by atoms with Crippen LogP contribution in [-0.2, 0) is 21.4 Å². The normalized spacial score (nSPS) is 15.1. The predicted molar refractivity (Wildman–Crippen MR) is 106 cm³/mol. The van der Waals surface area contributed by atoms with E-state index in [1.807, 2.05) is 30.3 Å². The number of hydrogen-bond donors (Lipinski definition) is 0. The van der Waals surface area contributed by atoms with Crippen molar-refractivity contribution in [2.45, 2.75) is 24.8 Å². The average Bonchev–Trinajstić information content (AvgIpc) is 2.61. The molecule has 6 nitrogen and oxygen atoms in total. The molecule has 0 saturated carbocycles. The molecule has 2 aromatic rings. The average molecular weight is 406 g/mol. The van der Waals surface area contributed by atoms with Crippen LogP contribution in [0.3, 0.4) is 0 Å². The number of sulfonamides is 1. The smallest absolute Gasteiger partial charge is 0.267 e. The first-order valence-corrected chi connectivity index (χ1v) is 10.2. The number of halogens is 1. The van der Waals surface area contributed by atoms with Crippen LogP contribution < -0.4 is 0 Å². The molecular formula is C19H20ClN3O3S. The minimum Gasteiger partial charge on any atom is -0.348 e. The molecule has 0 atom stereocenters. The summed E-state index contributed by atoms with van der Waals surface area (Å²) in [6.07, 6.45) is -0.121. The largest absolute Gasteiger partial charge is 0.348 e. The standard InChI is InChI=1S/C19H20ClN3O3S/c1-13-9-17-16(10-15(13)20)21-18(11-19(24)22(2)3)23(27(17,25)26)12-14-7-5-4-6-8-14/h4-10H,11-12H2,1-3H3. The van der Waals surface area contributed by atoms with Gasteiger partial charge in [-0.3, -0.25) is 4.79 Å². The molecule has 1 heterocycles. The number of hydrogen-bond acceptors (Lipinski definition) is 4. The molecule has 2 aromatic carbocycles. The maximum Gasteiger partial charge on any atom is 0.267 e. The molecule has 0 spiro atoms. The number of nitrogens with zero attached hydrogens (tertiary/aromatic N) is 3. The van der Waals surface area contributed by atoms with Gasteiger partial charge in [0.2, 0.25) is 5.91 Å². The topological polar surface area (TPSA) is 70.1 Å². The van der Waals surface area contributed by atoms with Gasteiger partial charge in [-0.25, -0.2) is 17.7 Å². The van der Waals surface area contributed by atoms with Gasteiger partial charge in [0.25, 0.3) is 10.0 Å². The van der Waals surface area contributed by atoms with Crippen molar-refractivity contribution >= 4 is 39.1 Å². The van der Waals surface area contributed by atoms with E-state index in [0.29, 0.717) is 10.6 Å². The maximum atomic E-state index is 13.3. The highest BCUT2D eigenvalue weighted by Gasteiger charge is 2.35. The molecule has 0 radical (unpaired) electrons. The SMILES string of the molecule is Cc1cc2c(cc1Cl)N=C(CC(=O)N(C)C)N(Cc1ccccc1)S2(=O)=O. The first kappa shape index (κ1) is 19.4. The van der Waals surface area contributed by atoms with Gasteiger partial charge in [0.1, 0.15) is 10.7 Å². The third kappa shape index (κ3) is 3.84. The highest BCUT2D eigenvalue weighted by atomic mass is 35.5. The Hall–Kier alpha value is -2.38. The molecule has 27 heavy (non-hydrogen) atoms. The molecule has 3 rings (SSSR count). The number of carbonyl (C=O) groups is 1. The van der Waals surface area contributed by atoms with Crippen LogP contribution in [0.15, 0.2) is 52.4 Å². The molecule has 0 bridgehead atoms.